The molecular formula is C12H16ClFN4. The Hall–Kier alpha value is -0.940. The quantitative estimate of drug-likeness (QED) is 0.838. The SMILES string of the molecule is Fc1cnc(Cl)nc1N[C@H]1CCN2CCC[C@H]2C1. The van der Waals surface area contributed by atoms with E-state index in [1.165, 1.54) is 19.4 Å². The number of hydrogen-bond acceptors (Lipinski definition) is 4. The highest BCUT2D eigenvalue weighted by Crippen LogP contribution is 2.28. The number of nitrogens with one attached hydrogen (secondary N) is 1. The van der Waals surface area contributed by atoms with Gasteiger partial charge in [-0.2, -0.15) is 4.98 Å². The summed E-state index contributed by atoms with van der Waals surface area (Å²) >= 11 is 5.69. The van der Waals surface area contributed by atoms with Gasteiger partial charge in [-0.15, -0.1) is 0 Å². The van der Waals surface area contributed by atoms with E-state index in [9.17, 15) is 4.39 Å². The molecule has 0 radical (unpaired) electrons. The molecule has 6 heteroatoms. The van der Waals surface area contributed by atoms with Crippen molar-refractivity contribution in [3.8, 4) is 0 Å². The number of anilines is 1. The molecule has 1 N–H and O–H groups in total. The van der Waals surface area contributed by atoms with Gasteiger partial charge < -0.3 is 10.2 Å². The van der Waals surface area contributed by atoms with E-state index < -0.39 is 5.82 Å². The largest absolute Gasteiger partial charge is 0.365 e. The van der Waals surface area contributed by atoms with E-state index >= 15 is 0 Å². The summed E-state index contributed by atoms with van der Waals surface area (Å²) in [6.07, 6.45) is 5.73. The summed E-state index contributed by atoms with van der Waals surface area (Å²) < 4.78 is 13.5. The van der Waals surface area contributed by atoms with E-state index in [1.54, 1.807) is 0 Å². The molecule has 1 aromatic rings. The van der Waals surface area contributed by atoms with Crippen LogP contribution >= 0.6 is 11.6 Å². The van der Waals surface area contributed by atoms with Crippen LogP contribution in [0.15, 0.2) is 6.20 Å². The maximum atomic E-state index is 13.5. The molecule has 0 spiro atoms. The van der Waals surface area contributed by atoms with Crippen LogP contribution in [0.2, 0.25) is 5.28 Å². The first-order chi connectivity index (χ1) is 8.72. The average molecular weight is 271 g/mol. The van der Waals surface area contributed by atoms with Crippen LogP contribution in [0, 0.1) is 5.82 Å². The highest BCUT2D eigenvalue weighted by molar-refractivity contribution is 6.28. The van der Waals surface area contributed by atoms with Crippen LogP contribution in [0.1, 0.15) is 25.7 Å². The van der Waals surface area contributed by atoms with Gasteiger partial charge in [0.25, 0.3) is 0 Å². The van der Waals surface area contributed by atoms with Gasteiger partial charge in [0, 0.05) is 18.6 Å². The molecule has 2 aliphatic heterocycles. The number of rotatable bonds is 2. The molecule has 3 heterocycles. The molecule has 2 aliphatic rings. The van der Waals surface area contributed by atoms with E-state index in [2.05, 4.69) is 20.2 Å². The number of piperidine rings is 1. The molecule has 2 fully saturated rings. The van der Waals surface area contributed by atoms with Gasteiger partial charge in [-0.1, -0.05) is 0 Å². The van der Waals surface area contributed by atoms with Crippen molar-refractivity contribution >= 4 is 17.4 Å². The zero-order valence-electron chi connectivity index (χ0n) is 10.1. The molecule has 18 heavy (non-hydrogen) atoms. The third-order valence-corrected chi connectivity index (χ3v) is 4.06. The van der Waals surface area contributed by atoms with Crippen molar-refractivity contribution in [3.05, 3.63) is 17.3 Å². The van der Waals surface area contributed by atoms with Crippen molar-refractivity contribution < 1.29 is 4.39 Å². The molecule has 0 saturated carbocycles. The average Bonchev–Trinajstić information content (AvgIpc) is 2.81. The van der Waals surface area contributed by atoms with Crippen molar-refractivity contribution in [1.29, 1.82) is 0 Å². The first-order valence-corrected chi connectivity index (χ1v) is 6.79. The molecule has 3 rings (SSSR count). The summed E-state index contributed by atoms with van der Waals surface area (Å²) in [5.41, 5.74) is 0. The van der Waals surface area contributed by atoms with Crippen LogP contribution in [0.3, 0.4) is 0 Å². The predicted octanol–water partition coefficient (Wildman–Crippen LogP) is 2.31. The molecule has 1 aromatic heterocycles. The maximum absolute atomic E-state index is 13.5. The third-order valence-electron chi connectivity index (χ3n) is 3.88. The van der Waals surface area contributed by atoms with Crippen LogP contribution in [0.25, 0.3) is 0 Å². The molecule has 2 saturated heterocycles. The number of hydrogen-bond donors (Lipinski definition) is 1. The fraction of sp³-hybridized carbons (Fsp3) is 0.667. The summed E-state index contributed by atoms with van der Waals surface area (Å²) in [4.78, 5) is 10.1. The van der Waals surface area contributed by atoms with E-state index in [-0.39, 0.29) is 17.1 Å². The van der Waals surface area contributed by atoms with E-state index in [0.29, 0.717) is 6.04 Å². The Labute approximate surface area is 111 Å². The van der Waals surface area contributed by atoms with E-state index in [4.69, 9.17) is 11.6 Å². The standard InChI is InChI=1S/C12H16ClFN4/c13-12-15-7-10(14)11(17-12)16-8-3-5-18-4-1-2-9(18)6-8/h7-9H,1-6H2,(H,15,16,17)/t8-,9-/m0/s1. The van der Waals surface area contributed by atoms with Gasteiger partial charge in [-0.3, -0.25) is 0 Å². The lowest BCUT2D eigenvalue weighted by Crippen LogP contribution is -2.43. The normalized spacial score (nSPS) is 28.1. The van der Waals surface area contributed by atoms with Crippen LogP contribution in [0.4, 0.5) is 10.2 Å². The fourth-order valence-electron chi connectivity index (χ4n) is 3.00. The van der Waals surface area contributed by atoms with Gasteiger partial charge in [-0.25, -0.2) is 9.37 Å². The van der Waals surface area contributed by atoms with Crippen molar-refractivity contribution in [2.45, 2.75) is 37.8 Å². The van der Waals surface area contributed by atoms with Gasteiger partial charge in [0.15, 0.2) is 11.6 Å². The van der Waals surface area contributed by atoms with Gasteiger partial charge in [0.05, 0.1) is 6.20 Å². The molecule has 98 valence electrons. The second-order valence-corrected chi connectivity index (χ2v) is 5.37. The molecule has 2 atom stereocenters. The van der Waals surface area contributed by atoms with Crippen LogP contribution in [-0.2, 0) is 0 Å². The van der Waals surface area contributed by atoms with Crippen molar-refractivity contribution in [2.24, 2.45) is 0 Å². The summed E-state index contributed by atoms with van der Waals surface area (Å²) in [5.74, 6) is -0.209. The highest BCUT2D eigenvalue weighted by Gasteiger charge is 2.31. The van der Waals surface area contributed by atoms with E-state index in [0.717, 1.165) is 25.6 Å². The second kappa shape index (κ2) is 4.97. The Morgan fingerprint density at radius 3 is 3.17 bits per heavy atom. The molecule has 0 bridgehead atoms. The molecule has 0 aliphatic carbocycles. The number of nitrogens with zero attached hydrogens (tertiary/aromatic N) is 3. The smallest absolute Gasteiger partial charge is 0.224 e. The Balaban J connectivity index is 1.67. The first-order valence-electron chi connectivity index (χ1n) is 6.41. The molecule has 0 aromatic carbocycles. The van der Waals surface area contributed by atoms with Crippen LogP contribution < -0.4 is 5.32 Å². The topological polar surface area (TPSA) is 41.1 Å². The number of aromatic nitrogens is 2. The van der Waals surface area contributed by atoms with Crippen molar-refractivity contribution in [1.82, 2.24) is 14.9 Å². The van der Waals surface area contributed by atoms with Crippen molar-refractivity contribution in [3.63, 3.8) is 0 Å². The summed E-state index contributed by atoms with van der Waals surface area (Å²) in [6.45, 7) is 2.30. The Kier molecular flexibility index (Phi) is 3.35. The number of halogens is 2. The van der Waals surface area contributed by atoms with Gasteiger partial charge >= 0.3 is 0 Å². The second-order valence-electron chi connectivity index (χ2n) is 5.03. The van der Waals surface area contributed by atoms with E-state index in [1.807, 2.05) is 0 Å². The lowest BCUT2D eigenvalue weighted by atomic mass is 9.97. The third kappa shape index (κ3) is 2.42. The molecule has 4 nitrogen and oxygen atoms in total. The monoisotopic (exact) mass is 270 g/mol. The maximum Gasteiger partial charge on any atom is 0.224 e. The molecular weight excluding hydrogens is 255 g/mol. The minimum atomic E-state index is -0.437. The lowest BCUT2D eigenvalue weighted by molar-refractivity contribution is 0.188. The minimum absolute atomic E-state index is 0.0807. The molecule has 0 unspecified atom stereocenters. The molecule has 0 amide bonds. The number of fused-ring (bicyclic) bond motifs is 1. The zero-order chi connectivity index (χ0) is 12.5. The predicted molar refractivity (Wildman–Crippen MR) is 68.2 cm³/mol. The van der Waals surface area contributed by atoms with Crippen molar-refractivity contribution in [2.75, 3.05) is 18.4 Å². The van der Waals surface area contributed by atoms with Crippen LogP contribution in [-0.4, -0.2) is 40.0 Å². The highest BCUT2D eigenvalue weighted by atomic mass is 35.5. The summed E-state index contributed by atoms with van der Waals surface area (Å²) in [5, 5.41) is 3.25. The van der Waals surface area contributed by atoms with Gasteiger partial charge in [0.1, 0.15) is 0 Å². The Morgan fingerprint density at radius 1 is 1.39 bits per heavy atom. The van der Waals surface area contributed by atoms with Gasteiger partial charge in [0.2, 0.25) is 5.28 Å². The minimum Gasteiger partial charge on any atom is -0.365 e. The summed E-state index contributed by atoms with van der Waals surface area (Å²) in [6, 6.07) is 0.932. The Bertz CT molecular complexity index is 442. The lowest BCUT2D eigenvalue weighted by Gasteiger charge is -2.35. The first kappa shape index (κ1) is 12.1. The van der Waals surface area contributed by atoms with Crippen LogP contribution in [0.5, 0.6) is 0 Å². The van der Waals surface area contributed by atoms with Gasteiger partial charge in [-0.05, 0) is 43.8 Å². The zero-order valence-corrected chi connectivity index (χ0v) is 10.8. The Morgan fingerprint density at radius 2 is 2.28 bits per heavy atom. The summed E-state index contributed by atoms with van der Waals surface area (Å²) in [7, 11) is 0. The fourth-order valence-corrected chi connectivity index (χ4v) is 3.13.